The third-order valence-corrected chi connectivity index (χ3v) is 3.69. The van der Waals surface area contributed by atoms with E-state index in [1.807, 2.05) is 14.1 Å². The molecule has 0 amide bonds. The first-order valence-corrected chi connectivity index (χ1v) is 7.09. The van der Waals surface area contributed by atoms with Gasteiger partial charge in [-0.15, -0.1) is 0 Å². The fourth-order valence-corrected chi connectivity index (χ4v) is 2.80. The SMILES string of the molecule is CNc1c(CCN)ccc2ccc(CCN)c(NC)c12. The van der Waals surface area contributed by atoms with Crippen LogP contribution in [0.15, 0.2) is 24.3 Å². The predicted molar refractivity (Wildman–Crippen MR) is 88.6 cm³/mol. The highest BCUT2D eigenvalue weighted by Crippen LogP contribution is 2.36. The van der Waals surface area contributed by atoms with Gasteiger partial charge in [-0.3, -0.25) is 0 Å². The molecule has 0 radical (unpaired) electrons. The summed E-state index contributed by atoms with van der Waals surface area (Å²) >= 11 is 0. The second kappa shape index (κ2) is 6.59. The Kier molecular flexibility index (Phi) is 4.82. The van der Waals surface area contributed by atoms with Gasteiger partial charge in [0.25, 0.3) is 0 Å². The molecule has 0 heterocycles. The molecule has 2 rings (SSSR count). The van der Waals surface area contributed by atoms with Gasteiger partial charge in [-0.1, -0.05) is 24.3 Å². The van der Waals surface area contributed by atoms with E-state index >= 15 is 0 Å². The van der Waals surface area contributed by atoms with Gasteiger partial charge in [0.2, 0.25) is 0 Å². The van der Waals surface area contributed by atoms with Crippen molar-refractivity contribution in [3.63, 3.8) is 0 Å². The lowest BCUT2D eigenvalue weighted by Crippen LogP contribution is -2.08. The Hall–Kier alpha value is -1.78. The first-order valence-electron chi connectivity index (χ1n) is 7.09. The van der Waals surface area contributed by atoms with Crippen molar-refractivity contribution in [2.45, 2.75) is 12.8 Å². The van der Waals surface area contributed by atoms with Crippen LogP contribution in [0.4, 0.5) is 11.4 Å². The molecule has 0 unspecified atom stereocenters. The maximum Gasteiger partial charge on any atom is 0.0471 e. The number of hydrogen-bond acceptors (Lipinski definition) is 4. The van der Waals surface area contributed by atoms with Crippen molar-refractivity contribution in [2.75, 3.05) is 37.8 Å². The van der Waals surface area contributed by atoms with Crippen molar-refractivity contribution in [1.82, 2.24) is 0 Å². The molecule has 0 atom stereocenters. The lowest BCUT2D eigenvalue weighted by atomic mass is 9.96. The van der Waals surface area contributed by atoms with Gasteiger partial charge in [0.05, 0.1) is 0 Å². The molecule has 6 N–H and O–H groups in total. The van der Waals surface area contributed by atoms with E-state index in [0.717, 1.165) is 24.2 Å². The third kappa shape index (κ3) is 2.57. The fraction of sp³-hybridized carbons (Fsp3) is 0.375. The Labute approximate surface area is 120 Å². The zero-order valence-corrected chi connectivity index (χ0v) is 12.3. The van der Waals surface area contributed by atoms with Crippen LogP contribution in [-0.2, 0) is 12.8 Å². The van der Waals surface area contributed by atoms with Crippen LogP contribution in [0.3, 0.4) is 0 Å². The van der Waals surface area contributed by atoms with Crippen molar-refractivity contribution in [3.05, 3.63) is 35.4 Å². The smallest absolute Gasteiger partial charge is 0.0471 e. The average Bonchev–Trinajstić information content (AvgIpc) is 2.47. The van der Waals surface area contributed by atoms with E-state index in [4.69, 9.17) is 11.5 Å². The summed E-state index contributed by atoms with van der Waals surface area (Å²) < 4.78 is 0. The van der Waals surface area contributed by atoms with Crippen molar-refractivity contribution >= 4 is 22.1 Å². The molecule has 0 saturated carbocycles. The molecule has 0 aliphatic carbocycles. The maximum absolute atomic E-state index is 5.72. The molecule has 0 aliphatic heterocycles. The highest BCUT2D eigenvalue weighted by Gasteiger charge is 2.12. The minimum atomic E-state index is 0.650. The molecular formula is C16H24N4. The molecular weight excluding hydrogens is 248 g/mol. The Morgan fingerprint density at radius 3 is 1.60 bits per heavy atom. The molecule has 0 aromatic heterocycles. The minimum Gasteiger partial charge on any atom is -0.387 e. The lowest BCUT2D eigenvalue weighted by Gasteiger charge is -2.18. The Balaban J connectivity index is 2.74. The number of benzene rings is 2. The third-order valence-electron chi connectivity index (χ3n) is 3.69. The summed E-state index contributed by atoms with van der Waals surface area (Å²) in [5.41, 5.74) is 16.3. The first kappa shape index (κ1) is 14.6. The van der Waals surface area contributed by atoms with E-state index in [2.05, 4.69) is 34.9 Å². The second-order valence-electron chi connectivity index (χ2n) is 4.87. The number of nitrogens with one attached hydrogen (secondary N) is 2. The van der Waals surface area contributed by atoms with Gasteiger partial charge in [-0.25, -0.2) is 0 Å². The molecule has 20 heavy (non-hydrogen) atoms. The normalized spacial score (nSPS) is 10.8. The van der Waals surface area contributed by atoms with Gasteiger partial charge in [0, 0.05) is 30.9 Å². The molecule has 0 spiro atoms. The van der Waals surface area contributed by atoms with Gasteiger partial charge in [-0.2, -0.15) is 0 Å². The maximum atomic E-state index is 5.72. The molecule has 4 heteroatoms. The zero-order valence-electron chi connectivity index (χ0n) is 12.3. The lowest BCUT2D eigenvalue weighted by molar-refractivity contribution is 0.968. The van der Waals surface area contributed by atoms with Gasteiger partial charge in [0.15, 0.2) is 0 Å². The van der Waals surface area contributed by atoms with Gasteiger partial charge >= 0.3 is 0 Å². The molecule has 2 aromatic rings. The first-order chi connectivity index (χ1) is 9.76. The second-order valence-corrected chi connectivity index (χ2v) is 4.87. The van der Waals surface area contributed by atoms with E-state index in [9.17, 15) is 0 Å². The zero-order chi connectivity index (χ0) is 14.5. The van der Waals surface area contributed by atoms with Crippen LogP contribution in [-0.4, -0.2) is 27.2 Å². The molecule has 4 nitrogen and oxygen atoms in total. The topological polar surface area (TPSA) is 76.1 Å². The Morgan fingerprint density at radius 1 is 0.800 bits per heavy atom. The summed E-state index contributed by atoms with van der Waals surface area (Å²) in [6.45, 7) is 1.30. The van der Waals surface area contributed by atoms with Gasteiger partial charge < -0.3 is 22.1 Å². The number of fused-ring (bicyclic) bond motifs is 1. The molecule has 108 valence electrons. The van der Waals surface area contributed by atoms with E-state index < -0.39 is 0 Å². The summed E-state index contributed by atoms with van der Waals surface area (Å²) in [7, 11) is 3.92. The molecule has 2 aromatic carbocycles. The van der Waals surface area contributed by atoms with Gasteiger partial charge in [0.1, 0.15) is 0 Å². The van der Waals surface area contributed by atoms with Crippen molar-refractivity contribution in [3.8, 4) is 0 Å². The monoisotopic (exact) mass is 272 g/mol. The van der Waals surface area contributed by atoms with E-state index in [1.165, 1.54) is 21.9 Å². The molecule has 0 saturated heterocycles. The predicted octanol–water partition coefficient (Wildman–Crippen LogP) is 1.93. The van der Waals surface area contributed by atoms with Gasteiger partial charge in [-0.05, 0) is 42.4 Å². The van der Waals surface area contributed by atoms with Crippen LogP contribution < -0.4 is 22.1 Å². The minimum absolute atomic E-state index is 0.650. The number of rotatable bonds is 6. The van der Waals surface area contributed by atoms with Crippen molar-refractivity contribution < 1.29 is 0 Å². The number of nitrogens with two attached hydrogens (primary N) is 2. The number of hydrogen-bond donors (Lipinski definition) is 4. The average molecular weight is 272 g/mol. The van der Waals surface area contributed by atoms with Crippen LogP contribution in [0.25, 0.3) is 10.8 Å². The quantitative estimate of drug-likeness (QED) is 0.648. The fourth-order valence-electron chi connectivity index (χ4n) is 2.80. The van der Waals surface area contributed by atoms with Crippen LogP contribution in [0.2, 0.25) is 0 Å². The van der Waals surface area contributed by atoms with Crippen LogP contribution in [0.1, 0.15) is 11.1 Å². The number of anilines is 2. The molecule has 0 aliphatic rings. The van der Waals surface area contributed by atoms with Crippen molar-refractivity contribution in [2.24, 2.45) is 11.5 Å². The van der Waals surface area contributed by atoms with E-state index in [-0.39, 0.29) is 0 Å². The van der Waals surface area contributed by atoms with E-state index in [0.29, 0.717) is 13.1 Å². The largest absolute Gasteiger partial charge is 0.387 e. The summed E-state index contributed by atoms with van der Waals surface area (Å²) in [6, 6.07) is 8.63. The van der Waals surface area contributed by atoms with Crippen LogP contribution in [0.5, 0.6) is 0 Å². The summed E-state index contributed by atoms with van der Waals surface area (Å²) in [5.74, 6) is 0. The summed E-state index contributed by atoms with van der Waals surface area (Å²) in [6.07, 6.45) is 1.74. The summed E-state index contributed by atoms with van der Waals surface area (Å²) in [5, 5.41) is 9.13. The highest BCUT2D eigenvalue weighted by atomic mass is 14.9. The van der Waals surface area contributed by atoms with Crippen LogP contribution >= 0.6 is 0 Å². The molecule has 0 fully saturated rings. The standard InChI is InChI=1S/C16H24N4/c1-19-15-12(7-9-17)5-3-11-4-6-13(8-10-18)16(20-2)14(11)15/h3-6,19-20H,7-10,17-18H2,1-2H3. The van der Waals surface area contributed by atoms with E-state index in [1.54, 1.807) is 0 Å². The van der Waals surface area contributed by atoms with Crippen molar-refractivity contribution in [1.29, 1.82) is 0 Å². The molecule has 0 bridgehead atoms. The summed E-state index contributed by atoms with van der Waals surface area (Å²) in [4.78, 5) is 0. The highest BCUT2D eigenvalue weighted by molar-refractivity contribution is 6.05. The van der Waals surface area contributed by atoms with Crippen LogP contribution in [0, 0.1) is 0 Å². The Bertz CT molecular complexity index is 544. The Morgan fingerprint density at radius 2 is 1.25 bits per heavy atom.